The predicted molar refractivity (Wildman–Crippen MR) is 53.4 cm³/mol. The first kappa shape index (κ1) is 11.6. The van der Waals surface area contributed by atoms with Crippen molar-refractivity contribution in [3.63, 3.8) is 0 Å². The molecule has 3 heteroatoms. The molecule has 0 saturated carbocycles. The molecule has 1 aromatic rings. The Hall–Kier alpha value is -1.35. The third-order valence-electron chi connectivity index (χ3n) is 1.34. The highest BCUT2D eigenvalue weighted by molar-refractivity contribution is 5.98. The van der Waals surface area contributed by atoms with Crippen molar-refractivity contribution in [2.24, 2.45) is 5.16 Å². The highest BCUT2D eigenvalue weighted by Crippen LogP contribution is 1.99. The van der Waals surface area contributed by atoms with Crippen LogP contribution in [-0.4, -0.2) is 25.1 Å². The number of benzene rings is 1. The number of methoxy groups -OCH3 is 1. The lowest BCUT2D eigenvalue weighted by Crippen LogP contribution is -1.92. The normalized spacial score (nSPS) is 10.2. The zero-order valence-electron chi connectivity index (χ0n) is 8.19. The Labute approximate surface area is 78.7 Å². The molecule has 1 aromatic carbocycles. The van der Waals surface area contributed by atoms with Gasteiger partial charge in [0.1, 0.15) is 0 Å². The summed E-state index contributed by atoms with van der Waals surface area (Å²) in [7, 11) is 3.25. The van der Waals surface area contributed by atoms with Crippen LogP contribution < -0.4 is 0 Å². The Morgan fingerprint density at radius 3 is 2.08 bits per heavy atom. The van der Waals surface area contributed by atoms with E-state index >= 15 is 0 Å². The maximum atomic E-state index is 8.38. The average Bonchev–Trinajstić information content (AvgIpc) is 2.19. The maximum absolute atomic E-state index is 8.38. The van der Waals surface area contributed by atoms with E-state index in [2.05, 4.69) is 9.89 Å². The molecule has 0 spiro atoms. The van der Waals surface area contributed by atoms with Gasteiger partial charge in [-0.3, -0.25) is 0 Å². The molecule has 0 radical (unpaired) electrons. The minimum Gasteiger partial charge on any atom is -0.411 e. The van der Waals surface area contributed by atoms with Gasteiger partial charge in [-0.1, -0.05) is 35.5 Å². The van der Waals surface area contributed by atoms with E-state index in [1.807, 2.05) is 30.3 Å². The van der Waals surface area contributed by atoms with Gasteiger partial charge in [0.05, 0.1) is 5.71 Å². The van der Waals surface area contributed by atoms with Crippen molar-refractivity contribution >= 4 is 5.71 Å². The van der Waals surface area contributed by atoms with Crippen molar-refractivity contribution in [2.75, 3.05) is 14.2 Å². The summed E-state index contributed by atoms with van der Waals surface area (Å²) in [5.41, 5.74) is 1.59. The van der Waals surface area contributed by atoms with Crippen LogP contribution in [0, 0.1) is 0 Å². The van der Waals surface area contributed by atoms with Gasteiger partial charge in [-0.15, -0.1) is 0 Å². The lowest BCUT2D eigenvalue weighted by atomic mass is 10.1. The van der Waals surface area contributed by atoms with Gasteiger partial charge in [0.25, 0.3) is 0 Å². The molecule has 1 rings (SSSR count). The molecule has 0 amide bonds. The predicted octanol–water partition coefficient (Wildman–Crippen LogP) is 2.15. The molecular formula is C10H15NO2. The molecule has 0 fully saturated rings. The van der Waals surface area contributed by atoms with Gasteiger partial charge in [0.15, 0.2) is 0 Å². The molecule has 0 unspecified atom stereocenters. The Bertz CT molecular complexity index is 244. The van der Waals surface area contributed by atoms with E-state index in [9.17, 15) is 0 Å². The Balaban J connectivity index is 0.000000424. The summed E-state index contributed by atoms with van der Waals surface area (Å²) in [4.78, 5) is 0. The number of hydrogen-bond acceptors (Lipinski definition) is 3. The first-order valence-electron chi connectivity index (χ1n) is 3.90. The van der Waals surface area contributed by atoms with Crippen LogP contribution >= 0.6 is 0 Å². The van der Waals surface area contributed by atoms with E-state index < -0.39 is 0 Å². The Morgan fingerprint density at radius 2 is 1.69 bits per heavy atom. The summed E-state index contributed by atoms with van der Waals surface area (Å²) in [5.74, 6) is 0. The topological polar surface area (TPSA) is 41.8 Å². The van der Waals surface area contributed by atoms with E-state index in [-0.39, 0.29) is 0 Å². The van der Waals surface area contributed by atoms with Gasteiger partial charge < -0.3 is 9.94 Å². The first-order chi connectivity index (χ1) is 6.26. The highest BCUT2D eigenvalue weighted by Gasteiger charge is 1.92. The van der Waals surface area contributed by atoms with Crippen molar-refractivity contribution in [1.82, 2.24) is 0 Å². The fourth-order valence-electron chi connectivity index (χ4n) is 0.737. The molecule has 0 saturated heterocycles. The van der Waals surface area contributed by atoms with Crippen LogP contribution in [0.4, 0.5) is 0 Å². The lowest BCUT2D eigenvalue weighted by Gasteiger charge is -1.94. The molecule has 0 aromatic heterocycles. The Morgan fingerprint density at radius 1 is 1.23 bits per heavy atom. The lowest BCUT2D eigenvalue weighted by molar-refractivity contribution is 0.277. The van der Waals surface area contributed by atoms with Gasteiger partial charge in [-0.2, -0.15) is 0 Å². The second kappa shape index (κ2) is 7.31. The van der Waals surface area contributed by atoms with Crippen molar-refractivity contribution in [3.05, 3.63) is 35.9 Å². The second-order valence-electron chi connectivity index (χ2n) is 2.46. The summed E-state index contributed by atoms with van der Waals surface area (Å²) in [6, 6.07) is 9.53. The first-order valence-corrected chi connectivity index (χ1v) is 3.90. The van der Waals surface area contributed by atoms with E-state index in [0.29, 0.717) is 5.71 Å². The van der Waals surface area contributed by atoms with Gasteiger partial charge in [0, 0.05) is 14.2 Å². The van der Waals surface area contributed by atoms with Crippen molar-refractivity contribution in [3.8, 4) is 0 Å². The molecule has 0 aliphatic carbocycles. The van der Waals surface area contributed by atoms with Gasteiger partial charge in [-0.25, -0.2) is 0 Å². The number of ether oxygens (including phenoxy) is 1. The minimum atomic E-state index is 0.639. The van der Waals surface area contributed by atoms with Crippen molar-refractivity contribution in [1.29, 1.82) is 0 Å². The number of rotatable bonds is 1. The van der Waals surface area contributed by atoms with Crippen LogP contribution in [-0.2, 0) is 4.74 Å². The van der Waals surface area contributed by atoms with Gasteiger partial charge in [0.2, 0.25) is 0 Å². The van der Waals surface area contributed by atoms with Crippen LogP contribution in [0.25, 0.3) is 0 Å². The van der Waals surface area contributed by atoms with E-state index in [4.69, 9.17) is 5.21 Å². The number of oxime groups is 1. The summed E-state index contributed by atoms with van der Waals surface area (Å²) in [6.07, 6.45) is 0. The highest BCUT2D eigenvalue weighted by atomic mass is 16.4. The SMILES string of the molecule is CC(=NO)c1ccccc1.COC. The third kappa shape index (κ3) is 4.98. The smallest absolute Gasteiger partial charge is 0.0836 e. The zero-order chi connectivity index (χ0) is 10.1. The average molecular weight is 181 g/mol. The molecule has 72 valence electrons. The van der Waals surface area contributed by atoms with Crippen LogP contribution in [0.2, 0.25) is 0 Å². The van der Waals surface area contributed by atoms with Crippen molar-refractivity contribution < 1.29 is 9.94 Å². The fraction of sp³-hybridized carbons (Fsp3) is 0.300. The monoisotopic (exact) mass is 181 g/mol. The van der Waals surface area contributed by atoms with Crippen LogP contribution in [0.5, 0.6) is 0 Å². The Kier molecular flexibility index (Phi) is 6.55. The van der Waals surface area contributed by atoms with Gasteiger partial charge in [-0.05, 0) is 12.5 Å². The van der Waals surface area contributed by atoms with Crippen LogP contribution in [0.1, 0.15) is 12.5 Å². The largest absolute Gasteiger partial charge is 0.411 e. The zero-order valence-corrected chi connectivity index (χ0v) is 8.19. The van der Waals surface area contributed by atoms with Crippen LogP contribution in [0.3, 0.4) is 0 Å². The summed E-state index contributed by atoms with van der Waals surface area (Å²) >= 11 is 0. The second-order valence-corrected chi connectivity index (χ2v) is 2.46. The molecule has 1 N–H and O–H groups in total. The summed E-state index contributed by atoms with van der Waals surface area (Å²) in [6.45, 7) is 1.76. The minimum absolute atomic E-state index is 0.639. The molecular weight excluding hydrogens is 166 g/mol. The molecule has 0 aliphatic heterocycles. The van der Waals surface area contributed by atoms with Crippen LogP contribution in [0.15, 0.2) is 35.5 Å². The third-order valence-corrected chi connectivity index (χ3v) is 1.34. The number of nitrogens with zero attached hydrogens (tertiary/aromatic N) is 1. The van der Waals surface area contributed by atoms with E-state index in [1.165, 1.54) is 0 Å². The molecule has 0 aliphatic rings. The molecule has 13 heavy (non-hydrogen) atoms. The summed E-state index contributed by atoms with van der Waals surface area (Å²) in [5, 5.41) is 11.5. The molecule has 0 atom stereocenters. The molecule has 3 nitrogen and oxygen atoms in total. The van der Waals surface area contributed by atoms with Gasteiger partial charge >= 0.3 is 0 Å². The molecule has 0 bridgehead atoms. The fourth-order valence-corrected chi connectivity index (χ4v) is 0.737. The van der Waals surface area contributed by atoms with E-state index in [0.717, 1.165) is 5.56 Å². The quantitative estimate of drug-likeness (QED) is 0.409. The molecule has 0 heterocycles. The maximum Gasteiger partial charge on any atom is 0.0836 e. The van der Waals surface area contributed by atoms with E-state index in [1.54, 1.807) is 21.1 Å². The standard InChI is InChI=1S/C8H9NO.C2H6O/c1-7(9-10)8-5-3-2-4-6-8;1-3-2/h2-6,10H,1H3;1-2H3. The van der Waals surface area contributed by atoms with Crippen molar-refractivity contribution in [2.45, 2.75) is 6.92 Å². The number of hydrogen-bond donors (Lipinski definition) is 1. The summed E-state index contributed by atoms with van der Waals surface area (Å²) < 4.78 is 4.25.